The molecule has 0 aliphatic heterocycles. The van der Waals surface area contributed by atoms with Gasteiger partial charge >= 0.3 is 11.9 Å². The molecule has 0 radical (unpaired) electrons. The van der Waals surface area contributed by atoms with Gasteiger partial charge in [-0.05, 0) is 31.0 Å². The van der Waals surface area contributed by atoms with Crippen LogP contribution in [0, 0.1) is 35.0 Å². The molecule has 0 N–H and O–H groups in total. The predicted octanol–water partition coefficient (Wildman–Crippen LogP) is 4.70. The molecule has 0 aliphatic rings. The Morgan fingerprint density at radius 2 is 1.71 bits per heavy atom. The van der Waals surface area contributed by atoms with E-state index in [-0.39, 0.29) is 17.9 Å². The van der Waals surface area contributed by atoms with Crippen LogP contribution in [0.2, 0.25) is 0 Å². The third kappa shape index (κ3) is 4.76. The number of esters is 2. The number of hydrogen-bond donors (Lipinski definition) is 0. The van der Waals surface area contributed by atoms with Crippen LogP contribution in [0.1, 0.15) is 41.6 Å². The summed E-state index contributed by atoms with van der Waals surface area (Å²) in [5.74, 6) is -2.96. The van der Waals surface area contributed by atoms with Crippen LogP contribution in [0.4, 0.5) is 0 Å². The van der Waals surface area contributed by atoms with Gasteiger partial charge in [0.05, 0.1) is 43.4 Å². The minimum atomic E-state index is -2.08. The monoisotopic (exact) mass is 467 g/mol. The van der Waals surface area contributed by atoms with Crippen LogP contribution in [0.15, 0.2) is 66.9 Å². The molecule has 0 aliphatic carbocycles. The molecule has 2 aromatic carbocycles. The molecule has 0 spiro atoms. The number of nitrogens with zero attached hydrogens (tertiary/aromatic N) is 3. The number of ether oxygens (including phenoxy) is 2. The van der Waals surface area contributed by atoms with Gasteiger partial charge in [-0.15, -0.1) is 0 Å². The van der Waals surface area contributed by atoms with Crippen LogP contribution in [0.5, 0.6) is 0 Å². The molecular formula is C28H25N3O4. The fourth-order valence-electron chi connectivity index (χ4n) is 4.24. The Morgan fingerprint density at radius 3 is 2.29 bits per heavy atom. The molecule has 0 saturated heterocycles. The van der Waals surface area contributed by atoms with Gasteiger partial charge in [0.15, 0.2) is 5.41 Å². The van der Waals surface area contributed by atoms with Crippen molar-refractivity contribution in [3.63, 3.8) is 0 Å². The summed E-state index contributed by atoms with van der Waals surface area (Å²) in [7, 11) is 1.15. The standard InChI is InChI=1S/C28H25N3O4/c1-4-35-27(33)28(15-16-29,26(32)34-3)24(21-8-6-5-7-9-21)25-23(18-30)22(14-17-31-25)20-12-10-19(2)11-13-20/h5-14,17,24H,4,15H2,1-3H3. The summed E-state index contributed by atoms with van der Waals surface area (Å²) in [5, 5.41) is 20.0. The first kappa shape index (κ1) is 25.1. The lowest BCUT2D eigenvalue weighted by molar-refractivity contribution is -0.171. The maximum absolute atomic E-state index is 13.5. The number of aromatic nitrogens is 1. The summed E-state index contributed by atoms with van der Waals surface area (Å²) in [6.45, 7) is 3.57. The molecule has 1 heterocycles. The number of benzene rings is 2. The number of nitriles is 2. The van der Waals surface area contributed by atoms with Gasteiger partial charge in [-0.25, -0.2) is 0 Å². The van der Waals surface area contributed by atoms with Crippen LogP contribution >= 0.6 is 0 Å². The van der Waals surface area contributed by atoms with Crippen molar-refractivity contribution < 1.29 is 19.1 Å². The molecule has 2 unspecified atom stereocenters. The first-order valence-corrected chi connectivity index (χ1v) is 11.1. The highest BCUT2D eigenvalue weighted by Gasteiger charge is 2.57. The zero-order chi connectivity index (χ0) is 25.4. The van der Waals surface area contributed by atoms with E-state index in [0.717, 1.165) is 18.2 Å². The highest BCUT2D eigenvalue weighted by atomic mass is 16.6. The molecule has 176 valence electrons. The highest BCUT2D eigenvalue weighted by Crippen LogP contribution is 2.47. The number of methoxy groups -OCH3 is 1. The second-order valence-electron chi connectivity index (χ2n) is 7.96. The normalized spacial score (nSPS) is 12.9. The van der Waals surface area contributed by atoms with Crippen molar-refractivity contribution in [1.82, 2.24) is 4.98 Å². The third-order valence-electron chi connectivity index (χ3n) is 5.90. The highest BCUT2D eigenvalue weighted by molar-refractivity contribution is 6.02. The first-order valence-electron chi connectivity index (χ1n) is 11.1. The second kappa shape index (κ2) is 11.1. The SMILES string of the molecule is CCOC(=O)C(CC#N)(C(=O)OC)C(c1ccccc1)c1nccc(-c2ccc(C)cc2)c1C#N. The van der Waals surface area contributed by atoms with Crippen molar-refractivity contribution in [2.75, 3.05) is 13.7 Å². The number of aryl methyl sites for hydroxylation is 1. The molecule has 0 fully saturated rings. The molecule has 7 nitrogen and oxygen atoms in total. The number of carbonyl (C=O) groups excluding carboxylic acids is 2. The first-order chi connectivity index (χ1) is 16.9. The number of carbonyl (C=O) groups is 2. The van der Waals surface area contributed by atoms with Crippen molar-refractivity contribution >= 4 is 11.9 Å². The van der Waals surface area contributed by atoms with E-state index in [1.165, 1.54) is 6.20 Å². The van der Waals surface area contributed by atoms with Crippen molar-refractivity contribution in [3.05, 3.63) is 89.2 Å². The van der Waals surface area contributed by atoms with E-state index in [4.69, 9.17) is 9.47 Å². The minimum absolute atomic E-state index is 0.00748. The van der Waals surface area contributed by atoms with E-state index in [0.29, 0.717) is 11.1 Å². The summed E-state index contributed by atoms with van der Waals surface area (Å²) in [6, 6.07) is 22.3. The van der Waals surface area contributed by atoms with Crippen LogP contribution in [0.25, 0.3) is 11.1 Å². The zero-order valence-corrected chi connectivity index (χ0v) is 19.8. The lowest BCUT2D eigenvalue weighted by atomic mass is 9.67. The molecular weight excluding hydrogens is 442 g/mol. The van der Waals surface area contributed by atoms with E-state index < -0.39 is 29.7 Å². The number of pyridine rings is 1. The molecule has 3 aromatic rings. The van der Waals surface area contributed by atoms with Gasteiger partial charge in [-0.3, -0.25) is 14.6 Å². The molecule has 7 heteroatoms. The van der Waals surface area contributed by atoms with Gasteiger partial charge in [0, 0.05) is 11.8 Å². The largest absolute Gasteiger partial charge is 0.468 e. The molecule has 0 bridgehead atoms. The fourth-order valence-corrected chi connectivity index (χ4v) is 4.24. The van der Waals surface area contributed by atoms with E-state index in [1.807, 2.05) is 37.3 Å². The lowest BCUT2D eigenvalue weighted by Crippen LogP contribution is -2.47. The van der Waals surface area contributed by atoms with Crippen LogP contribution in [-0.2, 0) is 19.1 Å². The van der Waals surface area contributed by atoms with Crippen molar-refractivity contribution in [2.24, 2.45) is 5.41 Å². The lowest BCUT2D eigenvalue weighted by Gasteiger charge is -2.35. The molecule has 0 amide bonds. The smallest absolute Gasteiger partial charge is 0.325 e. The topological polar surface area (TPSA) is 113 Å². The fraction of sp³-hybridized carbons (Fsp3) is 0.250. The van der Waals surface area contributed by atoms with Crippen molar-refractivity contribution in [2.45, 2.75) is 26.2 Å². The number of hydrogen-bond acceptors (Lipinski definition) is 7. The summed E-state index contributed by atoms with van der Waals surface area (Å²) in [6.07, 6.45) is 1.00. The van der Waals surface area contributed by atoms with Gasteiger partial charge < -0.3 is 9.47 Å². The van der Waals surface area contributed by atoms with Crippen molar-refractivity contribution in [3.8, 4) is 23.3 Å². The summed E-state index contributed by atoms with van der Waals surface area (Å²) >= 11 is 0. The zero-order valence-electron chi connectivity index (χ0n) is 19.8. The predicted molar refractivity (Wildman–Crippen MR) is 129 cm³/mol. The molecule has 1 aromatic heterocycles. The van der Waals surface area contributed by atoms with Gasteiger partial charge in [-0.1, -0.05) is 60.2 Å². The molecule has 2 atom stereocenters. The van der Waals surface area contributed by atoms with Crippen LogP contribution in [0.3, 0.4) is 0 Å². The third-order valence-corrected chi connectivity index (χ3v) is 5.90. The maximum atomic E-state index is 13.5. The van der Waals surface area contributed by atoms with Crippen molar-refractivity contribution in [1.29, 1.82) is 10.5 Å². The Bertz CT molecular complexity index is 1290. The quantitative estimate of drug-likeness (QED) is 0.349. The van der Waals surface area contributed by atoms with Gasteiger partial charge in [-0.2, -0.15) is 10.5 Å². The Kier molecular flexibility index (Phi) is 7.96. The average molecular weight is 468 g/mol. The summed E-state index contributed by atoms with van der Waals surface area (Å²) < 4.78 is 10.4. The summed E-state index contributed by atoms with van der Waals surface area (Å²) in [5.41, 5.74) is 1.26. The number of rotatable bonds is 8. The van der Waals surface area contributed by atoms with E-state index in [2.05, 4.69) is 11.1 Å². The van der Waals surface area contributed by atoms with Crippen LogP contribution < -0.4 is 0 Å². The van der Waals surface area contributed by atoms with Gasteiger partial charge in [0.25, 0.3) is 0 Å². The van der Waals surface area contributed by atoms with Crippen LogP contribution in [-0.4, -0.2) is 30.6 Å². The second-order valence-corrected chi connectivity index (χ2v) is 7.96. The van der Waals surface area contributed by atoms with E-state index in [1.54, 1.807) is 43.3 Å². The average Bonchev–Trinajstić information content (AvgIpc) is 2.88. The van der Waals surface area contributed by atoms with Gasteiger partial charge in [0.2, 0.25) is 0 Å². The Balaban J connectivity index is 2.42. The minimum Gasteiger partial charge on any atom is -0.468 e. The maximum Gasteiger partial charge on any atom is 0.325 e. The van der Waals surface area contributed by atoms with E-state index in [9.17, 15) is 20.1 Å². The molecule has 0 saturated carbocycles. The molecule has 3 rings (SSSR count). The van der Waals surface area contributed by atoms with Gasteiger partial charge in [0.1, 0.15) is 6.07 Å². The Morgan fingerprint density at radius 1 is 1.03 bits per heavy atom. The molecule has 35 heavy (non-hydrogen) atoms. The van der Waals surface area contributed by atoms with E-state index >= 15 is 0 Å². The Labute approximate surface area is 204 Å². The summed E-state index contributed by atoms with van der Waals surface area (Å²) in [4.78, 5) is 31.3. The Hall–Kier alpha value is -4.49.